The first-order valence-electron chi connectivity index (χ1n) is 6.08. The first kappa shape index (κ1) is 12.4. The van der Waals surface area contributed by atoms with Crippen molar-refractivity contribution in [1.29, 1.82) is 0 Å². The van der Waals surface area contributed by atoms with Gasteiger partial charge in [-0.05, 0) is 18.6 Å². The number of carbonyl (C=O) groups is 1. The van der Waals surface area contributed by atoms with E-state index in [-0.39, 0.29) is 11.9 Å². The predicted molar refractivity (Wildman–Crippen MR) is 69.2 cm³/mol. The molecule has 2 heterocycles. The maximum atomic E-state index is 12.1. The van der Waals surface area contributed by atoms with Gasteiger partial charge in [-0.25, -0.2) is 4.98 Å². The predicted octanol–water partition coefficient (Wildman–Crippen LogP) is 1.43. The molecule has 0 aromatic carbocycles. The normalized spacial score (nSPS) is 12.3. The Bertz CT molecular complexity index is 501. The Kier molecular flexibility index (Phi) is 3.82. The van der Waals surface area contributed by atoms with Crippen molar-refractivity contribution in [2.24, 2.45) is 7.05 Å². The number of amides is 1. The third-order valence-corrected chi connectivity index (χ3v) is 2.99. The fourth-order valence-corrected chi connectivity index (χ4v) is 1.88. The maximum absolute atomic E-state index is 12.1. The first-order valence-corrected chi connectivity index (χ1v) is 6.08. The molecular formula is C13H18N4O. The monoisotopic (exact) mass is 246 g/mol. The van der Waals surface area contributed by atoms with Crippen LogP contribution in [0.15, 0.2) is 37.1 Å². The number of aryl methyl sites for hydroxylation is 1. The Balaban J connectivity index is 1.98. The number of nitrogens with one attached hydrogen (secondary N) is 1. The van der Waals surface area contributed by atoms with E-state index in [4.69, 9.17) is 0 Å². The van der Waals surface area contributed by atoms with Crippen LogP contribution in [0.3, 0.4) is 0 Å². The van der Waals surface area contributed by atoms with Gasteiger partial charge in [0.2, 0.25) is 0 Å². The van der Waals surface area contributed by atoms with E-state index in [1.165, 1.54) is 0 Å². The zero-order valence-corrected chi connectivity index (χ0v) is 10.7. The molecule has 0 unspecified atom stereocenters. The van der Waals surface area contributed by atoms with Crippen LogP contribution < -0.4 is 5.32 Å². The Morgan fingerprint density at radius 3 is 2.89 bits per heavy atom. The van der Waals surface area contributed by atoms with Crippen molar-refractivity contribution >= 4 is 5.91 Å². The third kappa shape index (κ3) is 2.80. The number of imidazole rings is 1. The van der Waals surface area contributed by atoms with E-state index in [9.17, 15) is 4.79 Å². The molecule has 2 aromatic heterocycles. The van der Waals surface area contributed by atoms with Crippen molar-refractivity contribution in [3.63, 3.8) is 0 Å². The second-order valence-electron chi connectivity index (χ2n) is 4.34. The van der Waals surface area contributed by atoms with Gasteiger partial charge in [0, 0.05) is 38.2 Å². The highest BCUT2D eigenvalue weighted by molar-refractivity contribution is 5.92. The average molecular weight is 246 g/mol. The summed E-state index contributed by atoms with van der Waals surface area (Å²) in [6, 6.07) is 3.80. The summed E-state index contributed by atoms with van der Waals surface area (Å²) in [6.45, 7) is 2.81. The van der Waals surface area contributed by atoms with Crippen LogP contribution in [-0.4, -0.2) is 26.1 Å². The van der Waals surface area contributed by atoms with E-state index in [0.29, 0.717) is 5.69 Å². The second-order valence-corrected chi connectivity index (χ2v) is 4.34. The Morgan fingerprint density at radius 2 is 2.33 bits per heavy atom. The lowest BCUT2D eigenvalue weighted by atomic mass is 10.2. The van der Waals surface area contributed by atoms with Crippen LogP contribution in [0.4, 0.5) is 0 Å². The van der Waals surface area contributed by atoms with E-state index in [0.717, 1.165) is 13.0 Å². The summed E-state index contributed by atoms with van der Waals surface area (Å²) < 4.78 is 3.79. The van der Waals surface area contributed by atoms with Crippen LogP contribution in [0.2, 0.25) is 0 Å². The fraction of sp³-hybridized carbons (Fsp3) is 0.385. The lowest BCUT2D eigenvalue weighted by Crippen LogP contribution is -2.38. The zero-order valence-electron chi connectivity index (χ0n) is 10.7. The number of aromatic nitrogens is 3. The van der Waals surface area contributed by atoms with E-state index >= 15 is 0 Å². The summed E-state index contributed by atoms with van der Waals surface area (Å²) in [5, 5.41) is 3.04. The van der Waals surface area contributed by atoms with Crippen molar-refractivity contribution < 1.29 is 4.79 Å². The largest absolute Gasteiger partial charge is 0.347 e. The molecule has 0 bridgehead atoms. The van der Waals surface area contributed by atoms with Gasteiger partial charge in [0.05, 0.1) is 6.33 Å². The molecule has 0 spiro atoms. The van der Waals surface area contributed by atoms with E-state index in [2.05, 4.69) is 17.2 Å². The summed E-state index contributed by atoms with van der Waals surface area (Å²) in [7, 11) is 1.87. The molecule has 0 aliphatic rings. The highest BCUT2D eigenvalue weighted by Crippen LogP contribution is 2.03. The van der Waals surface area contributed by atoms with Crippen LogP contribution in [0.5, 0.6) is 0 Å². The van der Waals surface area contributed by atoms with Crippen molar-refractivity contribution in [2.75, 3.05) is 0 Å². The van der Waals surface area contributed by atoms with Crippen LogP contribution >= 0.6 is 0 Å². The quantitative estimate of drug-likeness (QED) is 0.867. The minimum Gasteiger partial charge on any atom is -0.347 e. The van der Waals surface area contributed by atoms with Gasteiger partial charge in [0.25, 0.3) is 5.91 Å². The number of nitrogens with zero attached hydrogens (tertiary/aromatic N) is 3. The molecule has 0 saturated heterocycles. The molecule has 2 aromatic rings. The number of rotatable bonds is 5. The summed E-state index contributed by atoms with van der Waals surface area (Å²) in [6.07, 6.45) is 8.15. The Morgan fingerprint density at radius 1 is 1.50 bits per heavy atom. The summed E-state index contributed by atoms with van der Waals surface area (Å²) in [5.74, 6) is -0.0329. The molecule has 1 amide bonds. The number of hydrogen-bond acceptors (Lipinski definition) is 2. The molecule has 0 saturated carbocycles. The first-order chi connectivity index (χ1) is 8.70. The van der Waals surface area contributed by atoms with Gasteiger partial charge in [-0.2, -0.15) is 0 Å². The van der Waals surface area contributed by atoms with Gasteiger partial charge in [0.1, 0.15) is 5.69 Å². The van der Waals surface area contributed by atoms with Crippen molar-refractivity contribution in [3.8, 4) is 0 Å². The molecule has 0 radical (unpaired) electrons. The summed E-state index contributed by atoms with van der Waals surface area (Å²) in [4.78, 5) is 16.1. The number of carbonyl (C=O) groups excluding carboxylic acids is 1. The topological polar surface area (TPSA) is 51.9 Å². The molecule has 5 nitrogen and oxygen atoms in total. The number of hydrogen-bond donors (Lipinski definition) is 1. The lowest BCUT2D eigenvalue weighted by molar-refractivity contribution is 0.0923. The van der Waals surface area contributed by atoms with Gasteiger partial charge in [0.15, 0.2) is 0 Å². The SMILES string of the molecule is CC[C@H](Cn1ccnc1)NC(=O)c1cccn1C. The molecule has 0 aliphatic carbocycles. The minimum atomic E-state index is -0.0329. The van der Waals surface area contributed by atoms with Crippen molar-refractivity contribution in [3.05, 3.63) is 42.7 Å². The van der Waals surface area contributed by atoms with Gasteiger partial charge in [-0.15, -0.1) is 0 Å². The van der Waals surface area contributed by atoms with Gasteiger partial charge >= 0.3 is 0 Å². The maximum Gasteiger partial charge on any atom is 0.268 e. The highest BCUT2D eigenvalue weighted by Gasteiger charge is 2.14. The van der Waals surface area contributed by atoms with Gasteiger partial charge in [-0.1, -0.05) is 6.92 Å². The summed E-state index contributed by atoms with van der Waals surface area (Å²) in [5.41, 5.74) is 0.680. The van der Waals surface area contributed by atoms with Crippen LogP contribution in [0.25, 0.3) is 0 Å². The minimum absolute atomic E-state index is 0.0329. The smallest absolute Gasteiger partial charge is 0.268 e. The Labute approximate surface area is 106 Å². The standard InChI is InChI=1S/C13H18N4O/c1-3-11(9-17-8-6-14-10-17)15-13(18)12-5-4-7-16(12)2/h4-8,10-11H,3,9H2,1-2H3,(H,15,18)/t11-/m1/s1. The van der Waals surface area contributed by atoms with Crippen LogP contribution in [-0.2, 0) is 13.6 Å². The van der Waals surface area contributed by atoms with Crippen LogP contribution in [0.1, 0.15) is 23.8 Å². The molecule has 0 aliphatic heterocycles. The lowest BCUT2D eigenvalue weighted by Gasteiger charge is -2.17. The molecule has 1 N–H and O–H groups in total. The van der Waals surface area contributed by atoms with E-state index < -0.39 is 0 Å². The Hall–Kier alpha value is -2.04. The van der Waals surface area contributed by atoms with Gasteiger partial charge in [-0.3, -0.25) is 4.79 Å². The van der Waals surface area contributed by atoms with Crippen LogP contribution in [0, 0.1) is 0 Å². The fourth-order valence-electron chi connectivity index (χ4n) is 1.88. The molecule has 0 fully saturated rings. The summed E-state index contributed by atoms with van der Waals surface area (Å²) >= 11 is 0. The molecule has 18 heavy (non-hydrogen) atoms. The molecular weight excluding hydrogens is 228 g/mol. The molecule has 2 rings (SSSR count). The molecule has 1 atom stereocenters. The van der Waals surface area contributed by atoms with Crippen molar-refractivity contribution in [1.82, 2.24) is 19.4 Å². The molecule has 96 valence electrons. The third-order valence-electron chi connectivity index (χ3n) is 2.99. The highest BCUT2D eigenvalue weighted by atomic mass is 16.2. The van der Waals surface area contributed by atoms with Gasteiger partial charge < -0.3 is 14.5 Å². The zero-order chi connectivity index (χ0) is 13.0. The average Bonchev–Trinajstić information content (AvgIpc) is 2.99. The second kappa shape index (κ2) is 5.53. The molecule has 5 heteroatoms. The van der Waals surface area contributed by atoms with E-state index in [1.54, 1.807) is 12.5 Å². The van der Waals surface area contributed by atoms with E-state index in [1.807, 2.05) is 40.7 Å². The van der Waals surface area contributed by atoms with Crippen molar-refractivity contribution in [2.45, 2.75) is 25.9 Å².